The fraction of sp³-hybridized carbons (Fsp3) is 0.619. The van der Waals surface area contributed by atoms with Crippen molar-refractivity contribution >= 4 is 17.6 Å². The second kappa shape index (κ2) is 9.74. The van der Waals surface area contributed by atoms with Gasteiger partial charge in [0, 0.05) is 23.3 Å². The second-order valence-corrected chi connectivity index (χ2v) is 8.33. The quantitative estimate of drug-likeness (QED) is 0.659. The Hall–Kier alpha value is -2.08. The minimum Gasteiger partial charge on any atom is -0.376 e. The molecule has 27 heavy (non-hydrogen) atoms. The van der Waals surface area contributed by atoms with E-state index in [2.05, 4.69) is 22.9 Å². The van der Waals surface area contributed by atoms with E-state index in [1.54, 1.807) is 24.3 Å². The summed E-state index contributed by atoms with van der Waals surface area (Å²) in [6.45, 7) is 9.03. The fourth-order valence-electron chi connectivity index (χ4n) is 3.20. The van der Waals surface area contributed by atoms with Crippen LogP contribution in [0.1, 0.15) is 63.7 Å². The SMILES string of the molecule is CC1CCCCC1OCCNC(=O)Nc1ccc(C(=O)NC(C)(C)C)cc1. The molecule has 0 saturated heterocycles. The van der Waals surface area contributed by atoms with Gasteiger partial charge in [0.15, 0.2) is 0 Å². The monoisotopic (exact) mass is 375 g/mol. The molecule has 1 aromatic rings. The first-order chi connectivity index (χ1) is 12.7. The number of carbonyl (C=O) groups excluding carboxylic acids is 2. The van der Waals surface area contributed by atoms with Gasteiger partial charge in [-0.05, 0) is 63.8 Å². The Bertz CT molecular complexity index is 623. The largest absolute Gasteiger partial charge is 0.376 e. The lowest BCUT2D eigenvalue weighted by atomic mass is 9.88. The molecule has 6 heteroatoms. The maximum atomic E-state index is 12.1. The average Bonchev–Trinajstić information content (AvgIpc) is 2.59. The van der Waals surface area contributed by atoms with Crippen LogP contribution in [-0.4, -0.2) is 36.7 Å². The van der Waals surface area contributed by atoms with E-state index in [0.29, 0.717) is 36.4 Å². The molecule has 1 aliphatic carbocycles. The fourth-order valence-corrected chi connectivity index (χ4v) is 3.20. The molecule has 0 heterocycles. The van der Waals surface area contributed by atoms with Crippen LogP contribution >= 0.6 is 0 Å². The molecule has 1 saturated carbocycles. The van der Waals surface area contributed by atoms with Gasteiger partial charge < -0.3 is 20.7 Å². The Labute approximate surface area is 162 Å². The Kier molecular flexibility index (Phi) is 7.66. The molecule has 1 aliphatic rings. The smallest absolute Gasteiger partial charge is 0.319 e. The third-order valence-electron chi connectivity index (χ3n) is 4.65. The van der Waals surface area contributed by atoms with E-state index >= 15 is 0 Å². The number of rotatable bonds is 6. The summed E-state index contributed by atoms with van der Waals surface area (Å²) < 4.78 is 5.89. The first-order valence-electron chi connectivity index (χ1n) is 9.83. The molecule has 3 amide bonds. The molecule has 1 fully saturated rings. The van der Waals surface area contributed by atoms with E-state index in [9.17, 15) is 9.59 Å². The van der Waals surface area contributed by atoms with Crippen molar-refractivity contribution in [2.24, 2.45) is 5.92 Å². The highest BCUT2D eigenvalue weighted by Gasteiger charge is 2.21. The zero-order chi connectivity index (χ0) is 19.9. The Balaban J connectivity index is 1.70. The molecule has 0 bridgehead atoms. The zero-order valence-corrected chi connectivity index (χ0v) is 16.9. The molecular formula is C21H33N3O3. The van der Waals surface area contributed by atoms with Gasteiger partial charge in [-0.15, -0.1) is 0 Å². The van der Waals surface area contributed by atoms with Gasteiger partial charge in [-0.25, -0.2) is 4.79 Å². The van der Waals surface area contributed by atoms with E-state index in [0.717, 1.165) is 6.42 Å². The molecule has 3 N–H and O–H groups in total. The molecule has 0 radical (unpaired) electrons. The molecule has 0 aliphatic heterocycles. The summed E-state index contributed by atoms with van der Waals surface area (Å²) in [5.41, 5.74) is 0.915. The molecule has 0 spiro atoms. The van der Waals surface area contributed by atoms with E-state index in [4.69, 9.17) is 4.74 Å². The van der Waals surface area contributed by atoms with Crippen molar-refractivity contribution < 1.29 is 14.3 Å². The summed E-state index contributed by atoms with van der Waals surface area (Å²) in [6, 6.07) is 6.56. The van der Waals surface area contributed by atoms with Crippen LogP contribution in [0, 0.1) is 5.92 Å². The molecule has 150 valence electrons. The van der Waals surface area contributed by atoms with E-state index < -0.39 is 0 Å². The van der Waals surface area contributed by atoms with Crippen LogP contribution < -0.4 is 16.0 Å². The number of hydrogen-bond donors (Lipinski definition) is 3. The summed E-state index contributed by atoms with van der Waals surface area (Å²) >= 11 is 0. The summed E-state index contributed by atoms with van der Waals surface area (Å²) in [6.07, 6.45) is 5.17. The van der Waals surface area contributed by atoms with Crippen LogP contribution in [0.15, 0.2) is 24.3 Å². The maximum Gasteiger partial charge on any atom is 0.319 e. The lowest BCUT2D eigenvalue weighted by Crippen LogP contribution is -2.40. The van der Waals surface area contributed by atoms with Crippen LogP contribution in [0.3, 0.4) is 0 Å². The summed E-state index contributed by atoms with van der Waals surface area (Å²) in [4.78, 5) is 24.1. The third-order valence-corrected chi connectivity index (χ3v) is 4.65. The third kappa shape index (κ3) is 7.59. The number of ether oxygens (including phenoxy) is 1. The van der Waals surface area contributed by atoms with Gasteiger partial charge in [0.25, 0.3) is 5.91 Å². The van der Waals surface area contributed by atoms with Crippen molar-refractivity contribution in [2.75, 3.05) is 18.5 Å². The van der Waals surface area contributed by atoms with Crippen molar-refractivity contribution in [1.82, 2.24) is 10.6 Å². The molecule has 2 rings (SSSR count). The van der Waals surface area contributed by atoms with E-state index in [1.807, 2.05) is 20.8 Å². The molecule has 1 aromatic carbocycles. The number of hydrogen-bond acceptors (Lipinski definition) is 3. The summed E-state index contributed by atoms with van der Waals surface area (Å²) in [5.74, 6) is 0.467. The first kappa shape index (κ1) is 21.2. The van der Waals surface area contributed by atoms with Crippen LogP contribution in [-0.2, 0) is 4.74 Å². The van der Waals surface area contributed by atoms with Gasteiger partial charge in [0.05, 0.1) is 12.7 Å². The van der Waals surface area contributed by atoms with Crippen LogP contribution in [0.2, 0.25) is 0 Å². The highest BCUT2D eigenvalue weighted by molar-refractivity contribution is 5.95. The Morgan fingerprint density at radius 3 is 2.41 bits per heavy atom. The normalized spacial score (nSPS) is 20.0. The van der Waals surface area contributed by atoms with Crippen molar-refractivity contribution in [1.29, 1.82) is 0 Å². The minimum atomic E-state index is -0.286. The predicted octanol–water partition coefficient (Wildman–Crippen LogP) is 3.93. The topological polar surface area (TPSA) is 79.5 Å². The van der Waals surface area contributed by atoms with Gasteiger partial charge in [0.1, 0.15) is 0 Å². The van der Waals surface area contributed by atoms with Crippen LogP contribution in [0.4, 0.5) is 10.5 Å². The number of anilines is 1. The standard InChI is InChI=1S/C21H33N3O3/c1-15-7-5-6-8-18(15)27-14-13-22-20(26)23-17-11-9-16(10-12-17)19(25)24-21(2,3)4/h9-12,15,18H,5-8,13-14H2,1-4H3,(H,24,25)(H2,22,23,26). The van der Waals surface area contributed by atoms with E-state index in [1.165, 1.54) is 19.3 Å². The van der Waals surface area contributed by atoms with Crippen molar-refractivity contribution in [3.63, 3.8) is 0 Å². The summed E-state index contributed by atoms with van der Waals surface area (Å²) in [7, 11) is 0. The van der Waals surface area contributed by atoms with Crippen LogP contribution in [0.25, 0.3) is 0 Å². The van der Waals surface area contributed by atoms with Crippen LogP contribution in [0.5, 0.6) is 0 Å². The number of nitrogens with one attached hydrogen (secondary N) is 3. The zero-order valence-electron chi connectivity index (χ0n) is 16.9. The lowest BCUT2D eigenvalue weighted by molar-refractivity contribution is -0.00232. The second-order valence-electron chi connectivity index (χ2n) is 8.33. The Morgan fingerprint density at radius 1 is 1.11 bits per heavy atom. The van der Waals surface area contributed by atoms with Gasteiger partial charge >= 0.3 is 6.03 Å². The van der Waals surface area contributed by atoms with Crippen molar-refractivity contribution in [2.45, 2.75) is 65.0 Å². The summed E-state index contributed by atoms with van der Waals surface area (Å²) in [5, 5.41) is 8.47. The van der Waals surface area contributed by atoms with Crippen molar-refractivity contribution in [3.8, 4) is 0 Å². The molecule has 2 atom stereocenters. The Morgan fingerprint density at radius 2 is 1.78 bits per heavy atom. The molecule has 0 aromatic heterocycles. The minimum absolute atomic E-state index is 0.132. The first-order valence-corrected chi connectivity index (χ1v) is 9.83. The average molecular weight is 376 g/mol. The highest BCUT2D eigenvalue weighted by atomic mass is 16.5. The highest BCUT2D eigenvalue weighted by Crippen LogP contribution is 2.25. The van der Waals surface area contributed by atoms with Gasteiger partial charge in [-0.2, -0.15) is 0 Å². The number of benzene rings is 1. The molecular weight excluding hydrogens is 342 g/mol. The maximum absolute atomic E-state index is 12.1. The lowest BCUT2D eigenvalue weighted by Gasteiger charge is -2.28. The van der Waals surface area contributed by atoms with Gasteiger partial charge in [-0.3, -0.25) is 4.79 Å². The van der Waals surface area contributed by atoms with Gasteiger partial charge in [-0.1, -0.05) is 19.8 Å². The molecule has 2 unspecified atom stereocenters. The number of carbonyl (C=O) groups is 2. The van der Waals surface area contributed by atoms with E-state index in [-0.39, 0.29) is 17.5 Å². The van der Waals surface area contributed by atoms with Crippen molar-refractivity contribution in [3.05, 3.63) is 29.8 Å². The number of urea groups is 1. The predicted molar refractivity (Wildman–Crippen MR) is 108 cm³/mol. The van der Waals surface area contributed by atoms with Gasteiger partial charge in [0.2, 0.25) is 0 Å². The number of amides is 3. The molecule has 6 nitrogen and oxygen atoms in total.